The van der Waals surface area contributed by atoms with E-state index in [9.17, 15) is 8.42 Å². The van der Waals surface area contributed by atoms with Crippen LogP contribution in [0.25, 0.3) is 0 Å². The van der Waals surface area contributed by atoms with Crippen LogP contribution in [-0.2, 0) is 10.0 Å². The average molecular weight is 278 g/mol. The molecule has 0 heterocycles. The van der Waals surface area contributed by atoms with Gasteiger partial charge in [0.15, 0.2) is 0 Å². The molecular formula is C11H22N2O2S2. The third-order valence-corrected chi connectivity index (χ3v) is 5.55. The van der Waals surface area contributed by atoms with Crippen molar-refractivity contribution < 1.29 is 8.42 Å². The molecule has 2 N–H and O–H groups in total. The van der Waals surface area contributed by atoms with Gasteiger partial charge in [-0.15, -0.1) is 0 Å². The minimum Gasteiger partial charge on any atom is -0.393 e. The van der Waals surface area contributed by atoms with Gasteiger partial charge in [-0.2, -0.15) is 0 Å². The molecule has 6 heteroatoms. The van der Waals surface area contributed by atoms with Crippen molar-refractivity contribution in [2.24, 2.45) is 11.7 Å². The minimum absolute atomic E-state index is 0.279. The molecule has 0 aromatic rings. The zero-order valence-corrected chi connectivity index (χ0v) is 12.0. The quantitative estimate of drug-likeness (QED) is 0.748. The van der Waals surface area contributed by atoms with E-state index >= 15 is 0 Å². The van der Waals surface area contributed by atoms with Crippen LogP contribution in [0, 0.1) is 5.92 Å². The predicted molar refractivity (Wildman–Crippen MR) is 74.4 cm³/mol. The van der Waals surface area contributed by atoms with Crippen LogP contribution >= 0.6 is 12.2 Å². The Bertz CT molecular complexity index is 348. The molecule has 1 fully saturated rings. The van der Waals surface area contributed by atoms with Crippen LogP contribution in [0.5, 0.6) is 0 Å². The zero-order valence-electron chi connectivity index (χ0n) is 10.4. The first-order valence-corrected chi connectivity index (χ1v) is 8.16. The highest BCUT2D eigenvalue weighted by atomic mass is 32.2. The molecule has 1 aliphatic carbocycles. The number of nitrogens with two attached hydrogens (primary N) is 1. The van der Waals surface area contributed by atoms with Crippen LogP contribution in [-0.4, -0.2) is 37.1 Å². The second-order valence-electron chi connectivity index (χ2n) is 4.82. The lowest BCUT2D eigenvalue weighted by atomic mass is 9.91. The van der Waals surface area contributed by atoms with Crippen LogP contribution < -0.4 is 5.73 Å². The van der Waals surface area contributed by atoms with Gasteiger partial charge in [-0.3, -0.25) is 0 Å². The van der Waals surface area contributed by atoms with Crippen LogP contribution in [0.4, 0.5) is 0 Å². The van der Waals surface area contributed by atoms with Gasteiger partial charge in [0.2, 0.25) is 10.0 Å². The summed E-state index contributed by atoms with van der Waals surface area (Å²) >= 11 is 4.75. The fourth-order valence-corrected chi connectivity index (χ4v) is 3.83. The Morgan fingerprint density at radius 2 is 1.94 bits per heavy atom. The second kappa shape index (κ2) is 6.66. The first kappa shape index (κ1) is 14.9. The molecule has 1 saturated carbocycles. The topological polar surface area (TPSA) is 63.4 Å². The van der Waals surface area contributed by atoms with Crippen molar-refractivity contribution in [2.75, 3.05) is 19.3 Å². The van der Waals surface area contributed by atoms with E-state index in [4.69, 9.17) is 18.0 Å². The van der Waals surface area contributed by atoms with Gasteiger partial charge in [0.1, 0.15) is 0 Å². The molecule has 1 rings (SSSR count). The van der Waals surface area contributed by atoms with E-state index in [1.165, 1.54) is 10.7 Å². The Morgan fingerprint density at radius 1 is 1.35 bits per heavy atom. The minimum atomic E-state index is -3.14. The summed E-state index contributed by atoms with van der Waals surface area (Å²) in [4.78, 5) is 0.365. The first-order valence-electron chi connectivity index (χ1n) is 6.14. The van der Waals surface area contributed by atoms with E-state index in [2.05, 4.69) is 0 Å². The van der Waals surface area contributed by atoms with Gasteiger partial charge in [-0.05, 0) is 18.8 Å². The Labute approximate surface area is 110 Å². The maximum atomic E-state index is 12.1. The highest BCUT2D eigenvalue weighted by Gasteiger charge is 2.24. The van der Waals surface area contributed by atoms with Crippen LogP contribution in [0.15, 0.2) is 0 Å². The third kappa shape index (κ3) is 5.31. The predicted octanol–water partition coefficient (Wildman–Crippen LogP) is 1.50. The van der Waals surface area contributed by atoms with Crippen molar-refractivity contribution in [2.45, 2.75) is 38.5 Å². The van der Waals surface area contributed by atoms with Crippen LogP contribution in [0.3, 0.4) is 0 Å². The number of sulfonamides is 1. The molecule has 0 aliphatic heterocycles. The molecule has 0 aromatic heterocycles. The molecule has 0 aromatic carbocycles. The van der Waals surface area contributed by atoms with E-state index in [1.54, 1.807) is 7.05 Å². The lowest BCUT2D eigenvalue weighted by molar-refractivity contribution is 0.376. The first-order chi connectivity index (χ1) is 7.92. The van der Waals surface area contributed by atoms with E-state index in [1.807, 2.05) is 0 Å². The summed E-state index contributed by atoms with van der Waals surface area (Å²) in [5.41, 5.74) is 5.38. The molecule has 0 atom stereocenters. The molecule has 17 heavy (non-hydrogen) atoms. The number of hydrogen-bond acceptors (Lipinski definition) is 3. The van der Waals surface area contributed by atoms with Crippen molar-refractivity contribution in [3.8, 4) is 0 Å². The summed E-state index contributed by atoms with van der Waals surface area (Å²) in [7, 11) is -1.53. The highest BCUT2D eigenvalue weighted by Crippen LogP contribution is 2.25. The van der Waals surface area contributed by atoms with Crippen molar-refractivity contribution in [1.29, 1.82) is 0 Å². The molecule has 0 bridgehead atoms. The molecule has 0 amide bonds. The summed E-state index contributed by atoms with van der Waals surface area (Å²) in [6.45, 7) is 0.393. The SMILES string of the molecule is CN(CCC(N)=S)S(=O)(=O)CC1CCCCC1. The smallest absolute Gasteiger partial charge is 0.214 e. The summed E-state index contributed by atoms with van der Waals surface area (Å²) in [5.74, 6) is 0.613. The lowest BCUT2D eigenvalue weighted by Gasteiger charge is -2.24. The van der Waals surface area contributed by atoms with Gasteiger partial charge in [0.05, 0.1) is 10.7 Å². The molecule has 0 saturated heterocycles. The molecule has 0 spiro atoms. The van der Waals surface area contributed by atoms with Crippen molar-refractivity contribution >= 4 is 27.2 Å². The summed E-state index contributed by atoms with van der Waals surface area (Å²) < 4.78 is 25.5. The number of rotatable bonds is 6. The Hall–Kier alpha value is -0.200. The average Bonchev–Trinajstić information content (AvgIpc) is 2.26. The van der Waals surface area contributed by atoms with Gasteiger partial charge < -0.3 is 5.73 Å². The van der Waals surface area contributed by atoms with Crippen molar-refractivity contribution in [1.82, 2.24) is 4.31 Å². The fraction of sp³-hybridized carbons (Fsp3) is 0.909. The molecule has 4 nitrogen and oxygen atoms in total. The molecule has 100 valence electrons. The van der Waals surface area contributed by atoms with Gasteiger partial charge in [0.25, 0.3) is 0 Å². The monoisotopic (exact) mass is 278 g/mol. The Kier molecular flexibility index (Phi) is 5.82. The van der Waals surface area contributed by atoms with Gasteiger partial charge in [-0.1, -0.05) is 31.5 Å². The number of thiocarbonyl (C=S) groups is 1. The summed E-state index contributed by atoms with van der Waals surface area (Å²) in [6.07, 6.45) is 6.11. The Morgan fingerprint density at radius 3 is 2.47 bits per heavy atom. The Balaban J connectivity index is 2.45. The summed E-state index contributed by atoms with van der Waals surface area (Å²) in [6, 6.07) is 0. The van der Waals surface area contributed by atoms with Gasteiger partial charge in [-0.25, -0.2) is 12.7 Å². The normalized spacial score (nSPS) is 18.5. The number of hydrogen-bond donors (Lipinski definition) is 1. The zero-order chi connectivity index (χ0) is 12.9. The maximum absolute atomic E-state index is 12.1. The van der Waals surface area contributed by atoms with Crippen LogP contribution in [0.2, 0.25) is 0 Å². The van der Waals surface area contributed by atoms with E-state index < -0.39 is 10.0 Å². The highest BCUT2D eigenvalue weighted by molar-refractivity contribution is 7.89. The maximum Gasteiger partial charge on any atom is 0.214 e. The van der Waals surface area contributed by atoms with Gasteiger partial charge in [0, 0.05) is 20.0 Å². The second-order valence-corrected chi connectivity index (χ2v) is 7.47. The molecule has 0 unspecified atom stereocenters. The summed E-state index contributed by atoms with van der Waals surface area (Å²) in [5, 5.41) is 0. The van der Waals surface area contributed by atoms with Crippen LogP contribution in [0.1, 0.15) is 38.5 Å². The standard InChI is InChI=1S/C11H22N2O2S2/c1-13(8-7-11(12)16)17(14,15)9-10-5-3-2-4-6-10/h10H,2-9H2,1H3,(H2,12,16). The number of nitrogens with zero attached hydrogens (tertiary/aromatic N) is 1. The van der Waals surface area contributed by atoms with E-state index in [0.29, 0.717) is 23.9 Å². The van der Waals surface area contributed by atoms with Crippen molar-refractivity contribution in [3.05, 3.63) is 0 Å². The molecule has 0 radical (unpaired) electrons. The largest absolute Gasteiger partial charge is 0.393 e. The molecule has 1 aliphatic rings. The fourth-order valence-electron chi connectivity index (χ4n) is 2.19. The molecular weight excluding hydrogens is 256 g/mol. The van der Waals surface area contributed by atoms with Crippen molar-refractivity contribution in [3.63, 3.8) is 0 Å². The lowest BCUT2D eigenvalue weighted by Crippen LogP contribution is -2.34. The van der Waals surface area contributed by atoms with E-state index in [0.717, 1.165) is 25.7 Å². The van der Waals surface area contributed by atoms with Gasteiger partial charge >= 0.3 is 0 Å². The third-order valence-electron chi connectivity index (χ3n) is 3.32. The van der Waals surface area contributed by atoms with E-state index in [-0.39, 0.29) is 5.75 Å².